The highest BCUT2D eigenvalue weighted by Gasteiger charge is 2.52. The predicted octanol–water partition coefficient (Wildman–Crippen LogP) is 6.09. The zero-order valence-electron chi connectivity index (χ0n) is 25.4. The van der Waals surface area contributed by atoms with E-state index in [9.17, 15) is 24.6 Å². The van der Waals surface area contributed by atoms with E-state index in [0.717, 1.165) is 40.6 Å². The molecule has 7 rings (SSSR count). The van der Waals surface area contributed by atoms with Gasteiger partial charge in [-0.3, -0.25) is 19.3 Å². The molecule has 3 aliphatic heterocycles. The molecular weight excluding hydrogens is 602 g/mol. The SMILES string of the molecule is C[C@@H](/C=C/CC(=O)N1CCC[C@H]1CO)[C@]1(O)C(=O)N(Cc2ccc(N3C(=O)c4cccc5cccc3c45)cc2)c2ccc(Cl)cc21. The van der Waals surface area contributed by atoms with Crippen LogP contribution in [0.4, 0.5) is 17.1 Å². The number of halogens is 1. The number of hydrogen-bond acceptors (Lipinski definition) is 5. The highest BCUT2D eigenvalue weighted by atomic mass is 35.5. The molecule has 0 bridgehead atoms. The van der Waals surface area contributed by atoms with Crippen molar-refractivity contribution in [3.8, 4) is 0 Å². The normalized spacial score (nSPS) is 21.2. The van der Waals surface area contributed by atoms with Crippen LogP contribution in [-0.4, -0.2) is 52.0 Å². The molecule has 4 aromatic rings. The van der Waals surface area contributed by atoms with Gasteiger partial charge >= 0.3 is 0 Å². The van der Waals surface area contributed by atoms with Crippen molar-refractivity contribution in [3.05, 3.63) is 113 Å². The van der Waals surface area contributed by atoms with Gasteiger partial charge in [0.05, 0.1) is 36.1 Å². The number of hydrogen-bond donors (Lipinski definition) is 2. The molecule has 9 heteroatoms. The van der Waals surface area contributed by atoms with Crippen molar-refractivity contribution < 1.29 is 24.6 Å². The molecule has 3 heterocycles. The fourth-order valence-electron chi connectivity index (χ4n) is 7.16. The molecule has 0 aliphatic carbocycles. The minimum absolute atomic E-state index is 0.0582. The van der Waals surface area contributed by atoms with E-state index in [1.165, 1.54) is 0 Å². The minimum atomic E-state index is -1.88. The summed E-state index contributed by atoms with van der Waals surface area (Å²) in [6, 6.07) is 24.1. The van der Waals surface area contributed by atoms with Gasteiger partial charge in [-0.2, -0.15) is 0 Å². The summed E-state index contributed by atoms with van der Waals surface area (Å²) >= 11 is 6.35. The average molecular weight is 636 g/mol. The number of nitrogens with zero attached hydrogens (tertiary/aromatic N) is 3. The smallest absolute Gasteiger partial charge is 0.264 e. The fourth-order valence-corrected chi connectivity index (χ4v) is 7.34. The van der Waals surface area contributed by atoms with Crippen molar-refractivity contribution in [2.45, 2.75) is 44.4 Å². The van der Waals surface area contributed by atoms with Crippen LogP contribution in [0, 0.1) is 5.92 Å². The Labute approximate surface area is 272 Å². The van der Waals surface area contributed by atoms with Crippen LogP contribution in [0.25, 0.3) is 10.8 Å². The number of likely N-dealkylation sites (tertiary alicyclic amines) is 1. The standard InChI is InChI=1S/C37H34ClN3O5/c1-23(6-2-12-33(43)39-19-5-9-28(39)22-42)37(46)30-20-26(38)15-18-31(30)40(36(37)45)21-24-13-16-27(17-14-24)41-32-11-4-8-25-7-3-10-29(34(25)32)35(41)44/h2-4,6-8,10-11,13-18,20,23,28,42,46H,5,9,12,19,21-22H2,1H3/b6-2+/t23-,28-,37+/m0/s1. The van der Waals surface area contributed by atoms with Crippen molar-refractivity contribution in [2.24, 2.45) is 5.92 Å². The largest absolute Gasteiger partial charge is 0.394 e. The van der Waals surface area contributed by atoms with E-state index in [1.807, 2.05) is 60.7 Å². The number of rotatable bonds is 8. The molecule has 8 nitrogen and oxygen atoms in total. The molecule has 0 aromatic heterocycles. The van der Waals surface area contributed by atoms with E-state index in [0.29, 0.717) is 28.4 Å². The number of aliphatic hydroxyl groups excluding tert-OH is 1. The lowest BCUT2D eigenvalue weighted by Crippen LogP contribution is -2.44. The Morgan fingerprint density at radius 2 is 1.80 bits per heavy atom. The van der Waals surface area contributed by atoms with Gasteiger partial charge in [-0.05, 0) is 66.3 Å². The molecule has 3 atom stereocenters. The first-order valence-electron chi connectivity index (χ1n) is 15.6. The Kier molecular flexibility index (Phi) is 7.67. The Bertz CT molecular complexity index is 1900. The van der Waals surface area contributed by atoms with Crippen molar-refractivity contribution in [1.82, 2.24) is 4.90 Å². The first-order chi connectivity index (χ1) is 22.2. The zero-order chi connectivity index (χ0) is 32.2. The van der Waals surface area contributed by atoms with Crippen molar-refractivity contribution in [3.63, 3.8) is 0 Å². The van der Waals surface area contributed by atoms with Crippen molar-refractivity contribution in [1.29, 1.82) is 0 Å². The summed E-state index contributed by atoms with van der Waals surface area (Å²) in [5.74, 6) is -1.30. The maximum atomic E-state index is 14.0. The molecule has 0 spiro atoms. The van der Waals surface area contributed by atoms with Gasteiger partial charge in [0, 0.05) is 40.5 Å². The summed E-state index contributed by atoms with van der Waals surface area (Å²) in [6.07, 6.45) is 5.16. The third-order valence-electron chi connectivity index (χ3n) is 9.61. The monoisotopic (exact) mass is 635 g/mol. The Hall–Kier alpha value is -4.50. The molecule has 46 heavy (non-hydrogen) atoms. The number of carbonyl (C=O) groups is 3. The van der Waals surface area contributed by atoms with E-state index in [2.05, 4.69) is 0 Å². The molecule has 2 N–H and O–H groups in total. The van der Waals surface area contributed by atoms with E-state index >= 15 is 0 Å². The average Bonchev–Trinajstić information content (AvgIpc) is 3.72. The summed E-state index contributed by atoms with van der Waals surface area (Å²) in [5, 5.41) is 23.9. The summed E-state index contributed by atoms with van der Waals surface area (Å²) in [5.41, 5.74) is 2.16. The lowest BCUT2D eigenvalue weighted by atomic mass is 9.83. The molecule has 3 amide bonds. The molecule has 1 saturated heterocycles. The quantitative estimate of drug-likeness (QED) is 0.228. The second-order valence-corrected chi connectivity index (χ2v) is 12.7. The zero-order valence-corrected chi connectivity index (χ0v) is 26.2. The summed E-state index contributed by atoms with van der Waals surface area (Å²) in [7, 11) is 0. The maximum Gasteiger partial charge on any atom is 0.264 e. The van der Waals surface area contributed by atoms with E-state index in [-0.39, 0.29) is 37.4 Å². The van der Waals surface area contributed by atoms with Crippen LogP contribution < -0.4 is 9.80 Å². The lowest BCUT2D eigenvalue weighted by molar-refractivity contribution is -0.139. The highest BCUT2D eigenvalue weighted by molar-refractivity contribution is 6.31. The van der Waals surface area contributed by atoms with Gasteiger partial charge in [0.1, 0.15) is 0 Å². The highest BCUT2D eigenvalue weighted by Crippen LogP contribution is 2.47. The molecule has 0 radical (unpaired) electrons. The summed E-state index contributed by atoms with van der Waals surface area (Å²) < 4.78 is 0. The predicted molar refractivity (Wildman–Crippen MR) is 178 cm³/mol. The number of fused-ring (bicyclic) bond motifs is 1. The summed E-state index contributed by atoms with van der Waals surface area (Å²) in [4.78, 5) is 45.2. The fraction of sp³-hybridized carbons (Fsp3) is 0.270. The summed E-state index contributed by atoms with van der Waals surface area (Å²) in [6.45, 7) is 2.51. The van der Waals surface area contributed by atoms with Crippen LogP contribution in [0.1, 0.15) is 47.7 Å². The third kappa shape index (κ3) is 4.80. The molecule has 234 valence electrons. The van der Waals surface area contributed by atoms with E-state index in [4.69, 9.17) is 11.6 Å². The molecule has 0 saturated carbocycles. The third-order valence-corrected chi connectivity index (χ3v) is 9.84. The second kappa shape index (κ2) is 11.7. The van der Waals surface area contributed by atoms with Gasteiger partial charge in [-0.15, -0.1) is 0 Å². The molecule has 0 unspecified atom stereocenters. The van der Waals surface area contributed by atoms with Crippen LogP contribution >= 0.6 is 11.6 Å². The number of anilines is 3. The van der Waals surface area contributed by atoms with E-state index in [1.54, 1.807) is 52.0 Å². The van der Waals surface area contributed by atoms with Gasteiger partial charge in [0.2, 0.25) is 5.91 Å². The van der Waals surface area contributed by atoms with Gasteiger partial charge in [0.25, 0.3) is 11.8 Å². The maximum absolute atomic E-state index is 14.0. The first-order valence-corrected chi connectivity index (χ1v) is 16.0. The van der Waals surface area contributed by atoms with Crippen LogP contribution in [0.2, 0.25) is 5.02 Å². The van der Waals surface area contributed by atoms with Crippen molar-refractivity contribution in [2.75, 3.05) is 23.0 Å². The topological polar surface area (TPSA) is 101 Å². The Morgan fingerprint density at radius 3 is 2.57 bits per heavy atom. The number of aliphatic hydroxyl groups is 2. The van der Waals surface area contributed by atoms with Crippen LogP contribution in [0.5, 0.6) is 0 Å². The molecular formula is C37H34ClN3O5. The lowest BCUT2D eigenvalue weighted by Gasteiger charge is -2.28. The van der Waals surface area contributed by atoms with Gasteiger partial charge in [-0.25, -0.2) is 0 Å². The van der Waals surface area contributed by atoms with Crippen molar-refractivity contribution >= 4 is 57.2 Å². The Balaban J connectivity index is 1.11. The van der Waals surface area contributed by atoms with Gasteiger partial charge in [-0.1, -0.05) is 67.1 Å². The van der Waals surface area contributed by atoms with E-state index < -0.39 is 17.4 Å². The number of amides is 3. The van der Waals surface area contributed by atoms with Gasteiger partial charge in [0.15, 0.2) is 5.60 Å². The van der Waals surface area contributed by atoms with Crippen LogP contribution in [0.3, 0.4) is 0 Å². The molecule has 1 fully saturated rings. The molecule has 4 aromatic carbocycles. The van der Waals surface area contributed by atoms with Crippen LogP contribution in [-0.2, 0) is 21.7 Å². The number of benzene rings is 4. The minimum Gasteiger partial charge on any atom is -0.394 e. The molecule has 3 aliphatic rings. The number of carbonyl (C=O) groups excluding carboxylic acids is 3. The Morgan fingerprint density at radius 1 is 1.04 bits per heavy atom. The first kappa shape index (κ1) is 30.2. The van der Waals surface area contributed by atoms with Crippen LogP contribution in [0.15, 0.2) is 91.0 Å². The second-order valence-electron chi connectivity index (χ2n) is 12.3. The van der Waals surface area contributed by atoms with Gasteiger partial charge < -0.3 is 20.0 Å².